The van der Waals surface area contributed by atoms with E-state index in [4.69, 9.17) is 0 Å². The Morgan fingerprint density at radius 2 is 1.29 bits per heavy atom. The molecule has 2 aromatic carbocycles. The van der Waals surface area contributed by atoms with Gasteiger partial charge in [0.15, 0.2) is 9.84 Å². The number of hydrogen-bond acceptors (Lipinski definition) is 6. The summed E-state index contributed by atoms with van der Waals surface area (Å²) in [6.45, 7) is 7.19. The lowest BCUT2D eigenvalue weighted by Gasteiger charge is -2.45. The number of aliphatic hydroxyl groups excluding tert-OH is 2. The van der Waals surface area contributed by atoms with E-state index in [1.807, 2.05) is 13.8 Å². The Morgan fingerprint density at radius 1 is 0.839 bits per heavy atom. The SMILES string of the molecule is Cc1ccc(S(=O)(=O)[C@H]2C[C@H](C(C)C)N(S(=O)(=O)c3ccc(C)cc3)[C@H](O)[C@@H]2O)cc1. The molecule has 0 amide bonds. The van der Waals surface area contributed by atoms with Crippen LogP contribution in [-0.4, -0.2) is 55.0 Å². The Bertz CT molecular complexity index is 1130. The Labute approximate surface area is 184 Å². The zero-order valence-electron chi connectivity index (χ0n) is 18.0. The minimum absolute atomic E-state index is 0.0187. The van der Waals surface area contributed by atoms with Gasteiger partial charge in [-0.25, -0.2) is 16.8 Å². The Kier molecular flexibility index (Phi) is 6.65. The third-order valence-corrected chi connectivity index (χ3v) is 9.97. The van der Waals surface area contributed by atoms with Crippen molar-refractivity contribution >= 4 is 19.9 Å². The minimum Gasteiger partial charge on any atom is -0.388 e. The maximum Gasteiger partial charge on any atom is 0.245 e. The maximum atomic E-state index is 13.3. The summed E-state index contributed by atoms with van der Waals surface area (Å²) in [7, 11) is -8.16. The van der Waals surface area contributed by atoms with Gasteiger partial charge in [0.25, 0.3) is 0 Å². The van der Waals surface area contributed by atoms with Crippen LogP contribution in [0.15, 0.2) is 58.3 Å². The molecule has 9 heteroatoms. The van der Waals surface area contributed by atoms with Crippen LogP contribution in [-0.2, 0) is 19.9 Å². The van der Waals surface area contributed by atoms with Gasteiger partial charge in [0.1, 0.15) is 12.3 Å². The molecule has 1 saturated heterocycles. The standard InChI is InChI=1S/C22H29NO6S2/c1-14(2)19-13-20(30(26,27)17-9-5-15(3)6-10-17)21(24)22(25)23(19)31(28,29)18-11-7-16(4)8-12-18/h5-12,14,19-22,24-25H,13H2,1-4H3/t19-,20+,21-,22-/m1/s1. The quantitative estimate of drug-likeness (QED) is 0.698. The molecule has 0 bridgehead atoms. The molecule has 1 aliphatic heterocycles. The first-order valence-corrected chi connectivity index (χ1v) is 13.1. The van der Waals surface area contributed by atoms with Gasteiger partial charge in [0.05, 0.1) is 15.0 Å². The largest absolute Gasteiger partial charge is 0.388 e. The highest BCUT2D eigenvalue weighted by Crippen LogP contribution is 2.37. The number of aliphatic hydroxyl groups is 2. The molecule has 0 unspecified atom stereocenters. The molecule has 0 saturated carbocycles. The van der Waals surface area contributed by atoms with Crippen molar-refractivity contribution in [3.05, 3.63) is 59.7 Å². The third-order valence-electron chi connectivity index (χ3n) is 5.86. The number of aryl methyl sites for hydroxylation is 2. The van der Waals surface area contributed by atoms with Gasteiger partial charge in [-0.3, -0.25) is 0 Å². The smallest absolute Gasteiger partial charge is 0.245 e. The zero-order chi connectivity index (χ0) is 23.1. The van der Waals surface area contributed by atoms with Gasteiger partial charge >= 0.3 is 0 Å². The normalized spacial score (nSPS) is 25.6. The van der Waals surface area contributed by atoms with Crippen molar-refractivity contribution in [1.82, 2.24) is 4.31 Å². The van der Waals surface area contributed by atoms with Gasteiger partial charge in [-0.15, -0.1) is 0 Å². The zero-order valence-corrected chi connectivity index (χ0v) is 19.6. The average molecular weight is 468 g/mol. The van der Waals surface area contributed by atoms with E-state index >= 15 is 0 Å². The molecule has 3 rings (SSSR count). The summed E-state index contributed by atoms with van der Waals surface area (Å²) in [6.07, 6.45) is -3.81. The number of sulfonamides is 1. The van der Waals surface area contributed by atoms with Gasteiger partial charge in [-0.2, -0.15) is 4.31 Å². The third kappa shape index (κ3) is 4.42. The van der Waals surface area contributed by atoms with E-state index in [9.17, 15) is 27.0 Å². The van der Waals surface area contributed by atoms with Crippen molar-refractivity contribution in [3.8, 4) is 0 Å². The van der Waals surface area contributed by atoms with E-state index in [1.54, 1.807) is 38.1 Å². The average Bonchev–Trinajstić information content (AvgIpc) is 2.69. The first kappa shape index (κ1) is 23.9. The van der Waals surface area contributed by atoms with Crippen LogP contribution in [0.5, 0.6) is 0 Å². The molecule has 31 heavy (non-hydrogen) atoms. The first-order valence-electron chi connectivity index (χ1n) is 10.1. The van der Waals surface area contributed by atoms with Crippen molar-refractivity contribution < 1.29 is 27.0 Å². The topological polar surface area (TPSA) is 112 Å². The molecule has 4 atom stereocenters. The van der Waals surface area contributed by atoms with Crippen molar-refractivity contribution in [3.63, 3.8) is 0 Å². The summed E-state index contributed by atoms with van der Waals surface area (Å²) in [5.74, 6) is -0.293. The summed E-state index contributed by atoms with van der Waals surface area (Å²) in [5, 5.41) is 20.3. The number of sulfone groups is 1. The highest BCUT2D eigenvalue weighted by molar-refractivity contribution is 7.92. The Hall–Kier alpha value is -1.78. The van der Waals surface area contributed by atoms with Crippen LogP contribution < -0.4 is 0 Å². The number of piperidine rings is 1. The molecule has 2 N–H and O–H groups in total. The minimum atomic E-state index is -4.17. The molecule has 170 valence electrons. The van der Waals surface area contributed by atoms with Crippen LogP contribution in [0.2, 0.25) is 0 Å². The molecule has 0 spiro atoms. The number of nitrogens with zero attached hydrogens (tertiary/aromatic N) is 1. The van der Waals surface area contributed by atoms with Gasteiger partial charge < -0.3 is 10.2 Å². The fraction of sp³-hybridized carbons (Fsp3) is 0.455. The fourth-order valence-electron chi connectivity index (χ4n) is 3.95. The van der Waals surface area contributed by atoms with Crippen molar-refractivity contribution in [1.29, 1.82) is 0 Å². The molecular weight excluding hydrogens is 438 g/mol. The summed E-state index contributed by atoms with van der Waals surface area (Å²) < 4.78 is 54.0. The van der Waals surface area contributed by atoms with Crippen molar-refractivity contribution in [2.75, 3.05) is 0 Å². The summed E-state index contributed by atoms with van der Waals surface area (Å²) in [4.78, 5) is 0.0153. The predicted molar refractivity (Wildman–Crippen MR) is 118 cm³/mol. The van der Waals surface area contributed by atoms with E-state index in [2.05, 4.69) is 0 Å². The molecule has 1 heterocycles. The van der Waals surface area contributed by atoms with Gasteiger partial charge in [0, 0.05) is 6.04 Å². The fourth-order valence-corrected chi connectivity index (χ4v) is 7.59. The molecule has 0 aliphatic carbocycles. The van der Waals surface area contributed by atoms with Crippen LogP contribution in [0.4, 0.5) is 0 Å². The molecule has 7 nitrogen and oxygen atoms in total. The van der Waals surface area contributed by atoms with Crippen LogP contribution in [0.3, 0.4) is 0 Å². The lowest BCUT2D eigenvalue weighted by Crippen LogP contribution is -2.63. The van der Waals surface area contributed by atoms with E-state index in [0.717, 1.165) is 15.4 Å². The Balaban J connectivity index is 2.03. The first-order chi connectivity index (χ1) is 14.4. The number of benzene rings is 2. The summed E-state index contributed by atoms with van der Waals surface area (Å²) >= 11 is 0. The van der Waals surface area contributed by atoms with Crippen LogP contribution in [0, 0.1) is 19.8 Å². The lowest BCUT2D eigenvalue weighted by molar-refractivity contribution is -0.0939. The second-order valence-corrected chi connectivity index (χ2v) is 12.5. The van der Waals surface area contributed by atoms with E-state index < -0.39 is 43.5 Å². The Morgan fingerprint density at radius 3 is 1.74 bits per heavy atom. The molecule has 0 aromatic heterocycles. The maximum absolute atomic E-state index is 13.3. The van der Waals surface area contributed by atoms with E-state index in [1.165, 1.54) is 24.3 Å². The van der Waals surface area contributed by atoms with Crippen molar-refractivity contribution in [2.45, 2.75) is 67.5 Å². The highest BCUT2D eigenvalue weighted by Gasteiger charge is 2.52. The van der Waals surface area contributed by atoms with Gasteiger partial charge in [0.2, 0.25) is 10.0 Å². The molecule has 1 fully saturated rings. The van der Waals surface area contributed by atoms with Crippen molar-refractivity contribution in [2.24, 2.45) is 5.92 Å². The predicted octanol–water partition coefficient (Wildman–Crippen LogP) is 2.24. The van der Waals surface area contributed by atoms with Gasteiger partial charge in [-0.1, -0.05) is 49.2 Å². The highest BCUT2D eigenvalue weighted by atomic mass is 32.2. The van der Waals surface area contributed by atoms with E-state index in [0.29, 0.717) is 0 Å². The second kappa shape index (κ2) is 8.63. The van der Waals surface area contributed by atoms with Crippen LogP contribution in [0.25, 0.3) is 0 Å². The molecule has 2 aromatic rings. The summed E-state index contributed by atoms with van der Waals surface area (Å²) in [6, 6.07) is 11.6. The summed E-state index contributed by atoms with van der Waals surface area (Å²) in [5.41, 5.74) is 1.77. The number of hydrogen-bond donors (Lipinski definition) is 2. The molecule has 1 aliphatic rings. The lowest BCUT2D eigenvalue weighted by atomic mass is 9.92. The number of rotatable bonds is 5. The monoisotopic (exact) mass is 467 g/mol. The second-order valence-electron chi connectivity index (χ2n) is 8.50. The molecular formula is C22H29NO6S2. The van der Waals surface area contributed by atoms with Gasteiger partial charge in [-0.05, 0) is 50.5 Å². The van der Waals surface area contributed by atoms with Crippen LogP contribution >= 0.6 is 0 Å². The van der Waals surface area contributed by atoms with E-state index in [-0.39, 0.29) is 22.1 Å². The molecule has 0 radical (unpaired) electrons. The van der Waals surface area contributed by atoms with Crippen LogP contribution in [0.1, 0.15) is 31.4 Å².